The lowest BCUT2D eigenvalue weighted by molar-refractivity contribution is 0.0647. The summed E-state index contributed by atoms with van der Waals surface area (Å²) in [6.07, 6.45) is 1.14. The SMILES string of the molecule is CS(=O)(=O)c1ccc(C2=NC(O)(c3ccc(F)cc3)CN2c2ccc(Cl)cc2)cc1. The molecule has 1 aliphatic heterocycles. The summed E-state index contributed by atoms with van der Waals surface area (Å²) in [4.78, 5) is 6.56. The lowest BCUT2D eigenvalue weighted by Gasteiger charge is -2.24. The number of sulfone groups is 1. The van der Waals surface area contributed by atoms with Crippen molar-refractivity contribution in [3.63, 3.8) is 0 Å². The van der Waals surface area contributed by atoms with Crippen LogP contribution in [0.1, 0.15) is 11.1 Å². The molecule has 3 aromatic rings. The van der Waals surface area contributed by atoms with Gasteiger partial charge in [0.2, 0.25) is 5.72 Å². The Balaban J connectivity index is 1.81. The molecule has 0 aromatic heterocycles. The quantitative estimate of drug-likeness (QED) is 0.660. The fourth-order valence-electron chi connectivity index (χ4n) is 3.35. The predicted octanol–water partition coefficient (Wildman–Crippen LogP) is 3.99. The Hall–Kier alpha value is -2.74. The number of aliphatic hydroxyl groups is 1. The lowest BCUT2D eigenvalue weighted by Crippen LogP contribution is -2.34. The topological polar surface area (TPSA) is 70.0 Å². The molecule has 3 aromatic carbocycles. The van der Waals surface area contributed by atoms with E-state index in [-0.39, 0.29) is 11.4 Å². The zero-order chi connectivity index (χ0) is 21.5. The predicted molar refractivity (Wildman–Crippen MR) is 115 cm³/mol. The van der Waals surface area contributed by atoms with Crippen molar-refractivity contribution in [2.45, 2.75) is 10.6 Å². The average Bonchev–Trinajstić information content (AvgIpc) is 3.07. The van der Waals surface area contributed by atoms with E-state index >= 15 is 0 Å². The van der Waals surface area contributed by atoms with Gasteiger partial charge >= 0.3 is 0 Å². The molecule has 0 radical (unpaired) electrons. The molecule has 1 unspecified atom stereocenters. The Morgan fingerprint density at radius 2 is 1.60 bits per heavy atom. The molecular formula is C22H18ClFN2O3S. The van der Waals surface area contributed by atoms with E-state index in [0.717, 1.165) is 11.9 Å². The first-order valence-corrected chi connectivity index (χ1v) is 11.3. The number of hydrogen-bond donors (Lipinski definition) is 1. The first-order valence-electron chi connectivity index (χ1n) is 9.08. The molecule has 0 saturated carbocycles. The van der Waals surface area contributed by atoms with Crippen LogP contribution in [0.3, 0.4) is 0 Å². The van der Waals surface area contributed by atoms with Gasteiger partial charge in [-0.25, -0.2) is 17.8 Å². The molecule has 1 aliphatic rings. The van der Waals surface area contributed by atoms with Crippen LogP contribution in [0.5, 0.6) is 0 Å². The third-order valence-electron chi connectivity index (χ3n) is 4.91. The fourth-order valence-corrected chi connectivity index (χ4v) is 4.10. The Kier molecular flexibility index (Phi) is 5.13. The smallest absolute Gasteiger partial charge is 0.202 e. The van der Waals surface area contributed by atoms with E-state index in [1.165, 1.54) is 36.4 Å². The summed E-state index contributed by atoms with van der Waals surface area (Å²) in [5.74, 6) is 0.0552. The average molecular weight is 445 g/mol. The minimum atomic E-state index is -3.34. The first-order chi connectivity index (χ1) is 14.2. The number of amidine groups is 1. The Morgan fingerprint density at radius 1 is 1.00 bits per heavy atom. The second kappa shape index (κ2) is 7.50. The van der Waals surface area contributed by atoms with E-state index in [0.29, 0.717) is 22.0 Å². The van der Waals surface area contributed by atoms with Crippen LogP contribution in [0.25, 0.3) is 0 Å². The van der Waals surface area contributed by atoms with Crippen molar-refractivity contribution in [2.24, 2.45) is 4.99 Å². The molecule has 0 fully saturated rings. The summed E-state index contributed by atoms with van der Waals surface area (Å²) in [5.41, 5.74) is 0.238. The number of hydrogen-bond acceptors (Lipinski definition) is 5. The van der Waals surface area contributed by atoms with E-state index in [1.54, 1.807) is 36.4 Å². The molecule has 5 nitrogen and oxygen atoms in total. The van der Waals surface area contributed by atoms with Gasteiger partial charge < -0.3 is 10.0 Å². The van der Waals surface area contributed by atoms with Crippen molar-refractivity contribution in [1.29, 1.82) is 0 Å². The maximum atomic E-state index is 13.4. The number of nitrogens with zero attached hydrogens (tertiary/aromatic N) is 2. The van der Waals surface area contributed by atoms with Gasteiger partial charge in [-0.05, 0) is 60.7 Å². The van der Waals surface area contributed by atoms with Crippen LogP contribution in [0.2, 0.25) is 5.02 Å². The number of benzene rings is 3. The van der Waals surface area contributed by atoms with Gasteiger partial charge in [-0.1, -0.05) is 23.7 Å². The van der Waals surface area contributed by atoms with Crippen molar-refractivity contribution in [2.75, 3.05) is 17.7 Å². The van der Waals surface area contributed by atoms with Gasteiger partial charge in [-0.2, -0.15) is 0 Å². The molecule has 4 rings (SSSR count). The molecule has 0 aliphatic carbocycles. The minimum Gasteiger partial charge on any atom is -0.364 e. The second-order valence-electron chi connectivity index (χ2n) is 7.12. The third-order valence-corrected chi connectivity index (χ3v) is 6.29. The van der Waals surface area contributed by atoms with Gasteiger partial charge in [0.15, 0.2) is 9.84 Å². The van der Waals surface area contributed by atoms with Gasteiger partial charge in [0.05, 0.1) is 11.4 Å². The Bertz CT molecular complexity index is 1210. The summed E-state index contributed by atoms with van der Waals surface area (Å²) >= 11 is 6.01. The molecule has 0 spiro atoms. The van der Waals surface area contributed by atoms with Crippen LogP contribution >= 0.6 is 11.6 Å². The van der Waals surface area contributed by atoms with Gasteiger partial charge in [0.25, 0.3) is 0 Å². The van der Waals surface area contributed by atoms with Crippen LogP contribution in [0.15, 0.2) is 82.7 Å². The highest BCUT2D eigenvalue weighted by atomic mass is 35.5. The Labute approximate surface area is 179 Å². The van der Waals surface area contributed by atoms with Crippen LogP contribution < -0.4 is 4.90 Å². The highest BCUT2D eigenvalue weighted by Crippen LogP contribution is 2.35. The van der Waals surface area contributed by atoms with Crippen molar-refractivity contribution in [3.8, 4) is 0 Å². The number of anilines is 1. The molecular weight excluding hydrogens is 427 g/mol. The zero-order valence-corrected chi connectivity index (χ0v) is 17.5. The van der Waals surface area contributed by atoms with Gasteiger partial charge in [0, 0.05) is 28.1 Å². The number of rotatable bonds is 4. The molecule has 154 valence electrons. The largest absolute Gasteiger partial charge is 0.364 e. The van der Waals surface area contributed by atoms with Crippen molar-refractivity contribution < 1.29 is 17.9 Å². The third kappa shape index (κ3) is 3.96. The maximum Gasteiger partial charge on any atom is 0.202 e. The van der Waals surface area contributed by atoms with Crippen molar-refractivity contribution >= 4 is 33.0 Å². The van der Waals surface area contributed by atoms with E-state index < -0.39 is 21.4 Å². The summed E-state index contributed by atoms with van der Waals surface area (Å²) in [7, 11) is -3.34. The maximum absolute atomic E-state index is 13.4. The Morgan fingerprint density at radius 3 is 2.17 bits per heavy atom. The fraction of sp³-hybridized carbons (Fsp3) is 0.136. The molecule has 0 bridgehead atoms. The van der Waals surface area contributed by atoms with E-state index in [2.05, 4.69) is 4.99 Å². The number of β-amino-alcohol motifs (C(OH)–C–C–N with tert-alkyl or cyclic N) is 1. The van der Waals surface area contributed by atoms with E-state index in [4.69, 9.17) is 11.6 Å². The van der Waals surface area contributed by atoms with Gasteiger partial charge in [-0.15, -0.1) is 0 Å². The second-order valence-corrected chi connectivity index (χ2v) is 9.57. The molecule has 1 heterocycles. The van der Waals surface area contributed by atoms with Crippen LogP contribution in [0.4, 0.5) is 10.1 Å². The highest BCUT2D eigenvalue weighted by molar-refractivity contribution is 7.90. The molecule has 1 N–H and O–H groups in total. The monoisotopic (exact) mass is 444 g/mol. The summed E-state index contributed by atoms with van der Waals surface area (Å²) in [6, 6.07) is 18.9. The molecule has 1 atom stereocenters. The molecule has 8 heteroatoms. The van der Waals surface area contributed by atoms with E-state index in [1.807, 2.05) is 4.90 Å². The van der Waals surface area contributed by atoms with Crippen molar-refractivity contribution in [3.05, 3.63) is 94.8 Å². The minimum absolute atomic E-state index is 0.101. The normalized spacial score (nSPS) is 19.1. The summed E-state index contributed by atoms with van der Waals surface area (Å²) in [5, 5.41) is 11.9. The number of halogens is 2. The molecule has 30 heavy (non-hydrogen) atoms. The summed E-state index contributed by atoms with van der Waals surface area (Å²) < 4.78 is 36.9. The number of aliphatic imine (C=N–C) groups is 1. The lowest BCUT2D eigenvalue weighted by atomic mass is 10.0. The van der Waals surface area contributed by atoms with Crippen molar-refractivity contribution in [1.82, 2.24) is 0 Å². The van der Waals surface area contributed by atoms with Gasteiger partial charge in [0.1, 0.15) is 11.7 Å². The zero-order valence-electron chi connectivity index (χ0n) is 16.0. The molecule has 0 amide bonds. The summed E-state index contributed by atoms with van der Waals surface area (Å²) in [6.45, 7) is 0.101. The highest BCUT2D eigenvalue weighted by Gasteiger charge is 2.40. The van der Waals surface area contributed by atoms with Crippen LogP contribution in [-0.4, -0.2) is 32.2 Å². The van der Waals surface area contributed by atoms with Gasteiger partial charge in [-0.3, -0.25) is 0 Å². The standard InChI is InChI=1S/C22H18ClFN2O3S/c1-30(28,29)20-12-2-15(3-13-20)21-25-22(27,16-4-8-18(24)9-5-16)14-26(21)19-10-6-17(23)7-11-19/h2-13,27H,14H2,1H3. The van der Waals surface area contributed by atoms with Crippen LogP contribution in [0, 0.1) is 5.82 Å². The van der Waals surface area contributed by atoms with E-state index in [9.17, 15) is 17.9 Å². The molecule has 0 saturated heterocycles. The van der Waals surface area contributed by atoms with Crippen LogP contribution in [-0.2, 0) is 15.6 Å². The first kappa shape index (κ1) is 20.5.